The number of fused-ring (bicyclic) bond motifs is 1. The van der Waals surface area contributed by atoms with Crippen LogP contribution in [0.15, 0.2) is 35.5 Å². The van der Waals surface area contributed by atoms with Crippen LogP contribution in [0, 0.1) is 13.8 Å². The molecule has 0 unspecified atom stereocenters. The second kappa shape index (κ2) is 8.80. The Hall–Kier alpha value is -3.72. The van der Waals surface area contributed by atoms with E-state index in [0.29, 0.717) is 32.2 Å². The number of hydrogen-bond acceptors (Lipinski definition) is 7. The van der Waals surface area contributed by atoms with Gasteiger partial charge in [0.25, 0.3) is 5.56 Å². The summed E-state index contributed by atoms with van der Waals surface area (Å²) < 4.78 is 12.5. The predicted octanol–water partition coefficient (Wildman–Crippen LogP) is 4.14. The zero-order chi connectivity index (χ0) is 22.8. The summed E-state index contributed by atoms with van der Waals surface area (Å²) in [6, 6.07) is 5.77. The normalized spacial score (nSPS) is 11.4. The largest absolute Gasteiger partial charge is 0.495 e. The van der Waals surface area contributed by atoms with Crippen LogP contribution in [0.2, 0.25) is 0 Å². The van der Waals surface area contributed by atoms with Gasteiger partial charge in [-0.15, -0.1) is 11.3 Å². The van der Waals surface area contributed by atoms with Gasteiger partial charge in [0.05, 0.1) is 36.8 Å². The van der Waals surface area contributed by atoms with Crippen molar-refractivity contribution >= 4 is 39.7 Å². The highest BCUT2D eigenvalue weighted by atomic mass is 32.1. The van der Waals surface area contributed by atoms with Crippen molar-refractivity contribution in [2.45, 2.75) is 20.8 Å². The van der Waals surface area contributed by atoms with Crippen molar-refractivity contribution < 1.29 is 14.3 Å². The second-order valence-corrected chi connectivity index (χ2v) is 8.09. The van der Waals surface area contributed by atoms with Crippen LogP contribution in [0.5, 0.6) is 5.75 Å². The van der Waals surface area contributed by atoms with Gasteiger partial charge in [-0.05, 0) is 50.1 Å². The molecule has 0 saturated carbocycles. The van der Waals surface area contributed by atoms with E-state index in [1.54, 1.807) is 33.4 Å². The molecule has 0 radical (unpaired) electrons. The smallest absolute Gasteiger partial charge is 0.348 e. The molecule has 4 aromatic rings. The third kappa shape index (κ3) is 4.06. The Morgan fingerprint density at radius 3 is 2.78 bits per heavy atom. The van der Waals surface area contributed by atoms with E-state index in [2.05, 4.69) is 15.0 Å². The topological polar surface area (TPSA) is 99.1 Å². The second-order valence-electron chi connectivity index (χ2n) is 7.09. The Kier molecular flexibility index (Phi) is 5.91. The third-order valence-corrected chi connectivity index (χ3v) is 6.07. The first-order chi connectivity index (χ1) is 15.4. The molecule has 1 N–H and O–H groups in total. The van der Waals surface area contributed by atoms with E-state index in [1.807, 2.05) is 42.0 Å². The van der Waals surface area contributed by atoms with Crippen LogP contribution in [-0.4, -0.2) is 39.2 Å². The molecule has 0 aliphatic carbocycles. The number of H-pyrrole nitrogens is 1. The average Bonchev–Trinajstić information content (AvgIpc) is 3.35. The van der Waals surface area contributed by atoms with Gasteiger partial charge in [0, 0.05) is 6.20 Å². The minimum Gasteiger partial charge on any atom is -0.495 e. The van der Waals surface area contributed by atoms with Gasteiger partial charge >= 0.3 is 5.97 Å². The Morgan fingerprint density at radius 1 is 1.28 bits per heavy atom. The van der Waals surface area contributed by atoms with E-state index in [0.717, 1.165) is 28.3 Å². The summed E-state index contributed by atoms with van der Waals surface area (Å²) in [5, 5.41) is 0.414. The molecule has 1 aromatic carbocycles. The van der Waals surface area contributed by atoms with E-state index in [-0.39, 0.29) is 12.2 Å². The minimum absolute atomic E-state index is 0.271. The van der Waals surface area contributed by atoms with Crippen molar-refractivity contribution in [3.8, 4) is 11.4 Å². The van der Waals surface area contributed by atoms with E-state index in [9.17, 15) is 9.59 Å². The summed E-state index contributed by atoms with van der Waals surface area (Å²) >= 11 is 1.16. The molecular weight excluding hydrogens is 428 g/mol. The lowest BCUT2D eigenvalue weighted by Crippen LogP contribution is -2.10. The number of nitrogens with one attached hydrogen (secondary N) is 1. The average molecular weight is 451 g/mol. The lowest BCUT2D eigenvalue weighted by atomic mass is 10.1. The Labute approximate surface area is 188 Å². The van der Waals surface area contributed by atoms with Crippen LogP contribution < -0.4 is 10.3 Å². The maximum Gasteiger partial charge on any atom is 0.348 e. The molecule has 32 heavy (non-hydrogen) atoms. The van der Waals surface area contributed by atoms with Crippen LogP contribution in [0.3, 0.4) is 0 Å². The molecule has 9 heteroatoms. The molecular formula is C23H22N4O4S. The van der Waals surface area contributed by atoms with E-state index < -0.39 is 5.97 Å². The zero-order valence-corrected chi connectivity index (χ0v) is 18.9. The number of aromatic amines is 1. The summed E-state index contributed by atoms with van der Waals surface area (Å²) in [5.74, 6) is 0.645. The fourth-order valence-corrected chi connectivity index (χ4v) is 4.45. The number of ether oxygens (including phenoxy) is 2. The highest BCUT2D eigenvalue weighted by Gasteiger charge is 2.19. The van der Waals surface area contributed by atoms with Gasteiger partial charge in [-0.3, -0.25) is 4.79 Å². The van der Waals surface area contributed by atoms with Crippen molar-refractivity contribution in [3.63, 3.8) is 0 Å². The summed E-state index contributed by atoms with van der Waals surface area (Å²) in [7, 11) is 1.61. The van der Waals surface area contributed by atoms with Gasteiger partial charge in [-0.2, -0.15) is 0 Å². The number of aromatic nitrogens is 4. The summed E-state index contributed by atoms with van der Waals surface area (Å²) in [5.41, 5.74) is 2.96. The number of thiophene rings is 1. The lowest BCUT2D eigenvalue weighted by molar-refractivity contribution is 0.0531. The first-order valence-electron chi connectivity index (χ1n) is 9.99. The number of benzene rings is 1. The number of nitrogens with zero attached hydrogens (tertiary/aromatic N) is 3. The van der Waals surface area contributed by atoms with Crippen LogP contribution in [0.25, 0.3) is 28.1 Å². The van der Waals surface area contributed by atoms with Crippen molar-refractivity contribution in [1.82, 2.24) is 19.5 Å². The van der Waals surface area contributed by atoms with Crippen molar-refractivity contribution in [3.05, 3.63) is 68.6 Å². The summed E-state index contributed by atoms with van der Waals surface area (Å²) in [4.78, 5) is 37.2. The Morgan fingerprint density at radius 2 is 2.09 bits per heavy atom. The summed E-state index contributed by atoms with van der Waals surface area (Å²) in [6.07, 6.45) is 7.21. The highest BCUT2D eigenvalue weighted by Crippen LogP contribution is 2.28. The third-order valence-electron chi connectivity index (χ3n) is 4.91. The minimum atomic E-state index is -0.440. The lowest BCUT2D eigenvalue weighted by Gasteiger charge is -2.09. The molecule has 3 heterocycles. The van der Waals surface area contributed by atoms with Crippen molar-refractivity contribution in [2.75, 3.05) is 13.7 Å². The molecule has 0 amide bonds. The van der Waals surface area contributed by atoms with E-state index >= 15 is 0 Å². The maximum atomic E-state index is 12.6. The van der Waals surface area contributed by atoms with Crippen LogP contribution in [0.4, 0.5) is 0 Å². The van der Waals surface area contributed by atoms with Gasteiger partial charge in [-0.25, -0.2) is 14.8 Å². The van der Waals surface area contributed by atoms with Gasteiger partial charge in [0.15, 0.2) is 0 Å². The number of aryl methyl sites for hydroxylation is 2. The molecule has 0 atom stereocenters. The number of imidazole rings is 1. The van der Waals surface area contributed by atoms with Gasteiger partial charge in [-0.1, -0.05) is 12.1 Å². The fraction of sp³-hybridized carbons (Fsp3) is 0.217. The molecule has 8 nitrogen and oxygen atoms in total. The summed E-state index contributed by atoms with van der Waals surface area (Å²) in [6.45, 7) is 5.67. The number of carbonyl (C=O) groups excluding carboxylic acids is 1. The van der Waals surface area contributed by atoms with Crippen molar-refractivity contribution in [1.29, 1.82) is 0 Å². The van der Waals surface area contributed by atoms with Gasteiger partial charge in [0.2, 0.25) is 0 Å². The first-order valence-corrected chi connectivity index (χ1v) is 10.8. The SMILES string of the molecule is CCOC(=O)c1sc2nc(/C=C/c3ccc(-n4cnc(C)c4)c(OC)c3)[nH]c(=O)c2c1C. The van der Waals surface area contributed by atoms with E-state index in [4.69, 9.17) is 9.47 Å². The van der Waals surface area contributed by atoms with Gasteiger partial charge < -0.3 is 19.0 Å². The predicted molar refractivity (Wildman–Crippen MR) is 125 cm³/mol. The molecule has 0 fully saturated rings. The standard InChI is InChI=1S/C23H22N4O4S/c1-5-31-23(29)20-14(3)19-21(28)25-18(26-22(19)32-20)9-7-15-6-8-16(17(10-15)30-4)27-11-13(2)24-12-27/h6-12H,5H2,1-4H3,(H,25,26,28)/b9-7+. The Balaban J connectivity index is 1.66. The zero-order valence-electron chi connectivity index (χ0n) is 18.1. The number of carbonyl (C=O) groups is 1. The van der Waals surface area contributed by atoms with Gasteiger partial charge in [0.1, 0.15) is 21.3 Å². The maximum absolute atomic E-state index is 12.6. The first kappa shape index (κ1) is 21.5. The quantitative estimate of drug-likeness (QED) is 0.443. The molecule has 0 saturated heterocycles. The molecule has 0 aliphatic rings. The monoisotopic (exact) mass is 450 g/mol. The molecule has 164 valence electrons. The van der Waals surface area contributed by atoms with Crippen LogP contribution in [0.1, 0.15) is 39.2 Å². The molecule has 3 aromatic heterocycles. The highest BCUT2D eigenvalue weighted by molar-refractivity contribution is 7.20. The number of esters is 1. The molecule has 4 rings (SSSR count). The van der Waals surface area contributed by atoms with Crippen molar-refractivity contribution in [2.24, 2.45) is 0 Å². The van der Waals surface area contributed by atoms with Crippen LogP contribution in [-0.2, 0) is 4.74 Å². The number of rotatable bonds is 6. The number of methoxy groups -OCH3 is 1. The Bertz CT molecular complexity index is 1400. The molecule has 0 bridgehead atoms. The number of hydrogen-bond donors (Lipinski definition) is 1. The molecule has 0 spiro atoms. The van der Waals surface area contributed by atoms with E-state index in [1.165, 1.54) is 0 Å². The molecule has 0 aliphatic heterocycles. The van der Waals surface area contributed by atoms with Crippen LogP contribution >= 0.6 is 11.3 Å². The fourth-order valence-electron chi connectivity index (χ4n) is 3.37.